The van der Waals surface area contributed by atoms with E-state index < -0.39 is 15.6 Å². The number of β-amino-alcohol motifs (C(OH)–C–C–N with tert-alkyl or cyclic N) is 1. The maximum atomic E-state index is 12.5. The van der Waals surface area contributed by atoms with E-state index >= 15 is 0 Å². The van der Waals surface area contributed by atoms with Gasteiger partial charge in [-0.1, -0.05) is 18.2 Å². The van der Waals surface area contributed by atoms with E-state index in [2.05, 4.69) is 5.32 Å². The maximum absolute atomic E-state index is 12.5. The minimum absolute atomic E-state index is 0.108. The fraction of sp³-hybridized carbons (Fsp3) is 0.538. The minimum atomic E-state index is -3.55. The Labute approximate surface area is 114 Å². The Morgan fingerprint density at radius 3 is 2.68 bits per heavy atom. The summed E-state index contributed by atoms with van der Waals surface area (Å²) in [5, 5.41) is 13.3. The van der Waals surface area contributed by atoms with Crippen molar-refractivity contribution in [2.24, 2.45) is 0 Å². The van der Waals surface area contributed by atoms with Gasteiger partial charge in [0.2, 0.25) is 10.0 Å². The van der Waals surface area contributed by atoms with Crippen LogP contribution in [0.4, 0.5) is 0 Å². The lowest BCUT2D eigenvalue weighted by atomic mass is 10.0. The van der Waals surface area contributed by atoms with Gasteiger partial charge in [0.25, 0.3) is 0 Å². The summed E-state index contributed by atoms with van der Waals surface area (Å²) in [7, 11) is -2.04. The highest BCUT2D eigenvalue weighted by Gasteiger charge is 2.36. The molecule has 5 nitrogen and oxygen atoms in total. The lowest BCUT2D eigenvalue weighted by Gasteiger charge is -2.27. The predicted octanol–water partition coefficient (Wildman–Crippen LogP) is 0.340. The number of hydrogen-bond donors (Lipinski definition) is 2. The van der Waals surface area contributed by atoms with Crippen molar-refractivity contribution in [1.29, 1.82) is 0 Å². The van der Waals surface area contributed by atoms with E-state index in [0.717, 1.165) is 6.54 Å². The molecule has 1 fully saturated rings. The monoisotopic (exact) mass is 284 g/mol. The van der Waals surface area contributed by atoms with Crippen molar-refractivity contribution in [1.82, 2.24) is 9.62 Å². The van der Waals surface area contributed by atoms with Crippen LogP contribution >= 0.6 is 0 Å². The number of nitrogens with zero attached hydrogens (tertiary/aromatic N) is 1. The van der Waals surface area contributed by atoms with Crippen LogP contribution < -0.4 is 5.32 Å². The maximum Gasteiger partial charge on any atom is 0.243 e. The average molecular weight is 284 g/mol. The summed E-state index contributed by atoms with van der Waals surface area (Å²) in [5.41, 5.74) is -0.254. The number of rotatable bonds is 4. The molecule has 1 unspecified atom stereocenters. The molecule has 1 aliphatic rings. The first kappa shape index (κ1) is 14.5. The molecule has 0 amide bonds. The third kappa shape index (κ3) is 2.97. The molecule has 0 radical (unpaired) electrons. The van der Waals surface area contributed by atoms with Gasteiger partial charge in [-0.2, -0.15) is 4.31 Å². The minimum Gasteiger partial charge on any atom is -0.387 e. The molecule has 1 saturated heterocycles. The molecule has 19 heavy (non-hydrogen) atoms. The summed E-state index contributed by atoms with van der Waals surface area (Å²) in [6.07, 6.45) is 0.570. The summed E-state index contributed by atoms with van der Waals surface area (Å²) in [5.74, 6) is 0. The molecule has 0 aromatic heterocycles. The molecule has 0 spiro atoms. The summed E-state index contributed by atoms with van der Waals surface area (Å²) in [6.45, 7) is 3.03. The molecule has 0 bridgehead atoms. The van der Waals surface area contributed by atoms with Crippen molar-refractivity contribution in [3.63, 3.8) is 0 Å². The van der Waals surface area contributed by atoms with Gasteiger partial charge < -0.3 is 10.4 Å². The van der Waals surface area contributed by atoms with Gasteiger partial charge in [-0.15, -0.1) is 0 Å². The first-order valence-corrected chi connectivity index (χ1v) is 7.74. The average Bonchev–Trinajstić information content (AvgIpc) is 2.76. The van der Waals surface area contributed by atoms with Crippen molar-refractivity contribution in [2.75, 3.05) is 26.7 Å². The number of benzene rings is 1. The molecular weight excluding hydrogens is 264 g/mol. The van der Waals surface area contributed by atoms with Crippen LogP contribution in [0.2, 0.25) is 0 Å². The quantitative estimate of drug-likeness (QED) is 0.836. The molecule has 6 heteroatoms. The molecule has 106 valence electrons. The lowest BCUT2D eigenvalue weighted by Crippen LogP contribution is -2.45. The largest absolute Gasteiger partial charge is 0.387 e. The second-order valence-electron chi connectivity index (χ2n) is 5.18. The predicted molar refractivity (Wildman–Crippen MR) is 73.4 cm³/mol. The van der Waals surface area contributed by atoms with Gasteiger partial charge in [0, 0.05) is 20.1 Å². The standard InChI is InChI=1S/C13H20N2O3S/c1-11-5-3-4-6-12(11)19(17,18)15(2)10-13(16)7-8-14-9-13/h3-6,14,16H,7-10H2,1-2H3. The Morgan fingerprint density at radius 2 is 2.11 bits per heavy atom. The second-order valence-corrected chi connectivity index (χ2v) is 7.19. The molecular formula is C13H20N2O3S. The molecule has 1 aromatic rings. The van der Waals surface area contributed by atoms with Crippen LogP contribution in [-0.2, 0) is 10.0 Å². The van der Waals surface area contributed by atoms with Crippen molar-refractivity contribution >= 4 is 10.0 Å². The highest BCUT2D eigenvalue weighted by atomic mass is 32.2. The molecule has 1 aliphatic heterocycles. The third-order valence-corrected chi connectivity index (χ3v) is 5.48. The van der Waals surface area contributed by atoms with E-state index in [4.69, 9.17) is 0 Å². The Kier molecular flexibility index (Phi) is 3.96. The Hall–Kier alpha value is -0.950. The number of hydrogen-bond acceptors (Lipinski definition) is 4. The van der Waals surface area contributed by atoms with Gasteiger partial charge in [-0.05, 0) is 31.5 Å². The zero-order chi connectivity index (χ0) is 14.1. The number of nitrogens with one attached hydrogen (secondary N) is 1. The van der Waals surface area contributed by atoms with Crippen LogP contribution in [0.5, 0.6) is 0 Å². The van der Waals surface area contributed by atoms with Gasteiger partial charge in [0.15, 0.2) is 0 Å². The van der Waals surface area contributed by atoms with Crippen molar-refractivity contribution < 1.29 is 13.5 Å². The third-order valence-electron chi connectivity index (χ3n) is 3.52. The second kappa shape index (κ2) is 5.20. The van der Waals surface area contributed by atoms with Gasteiger partial charge in [-0.3, -0.25) is 0 Å². The fourth-order valence-electron chi connectivity index (χ4n) is 2.38. The van der Waals surface area contributed by atoms with E-state index in [1.54, 1.807) is 25.1 Å². The van der Waals surface area contributed by atoms with E-state index in [1.165, 1.54) is 11.4 Å². The molecule has 0 aliphatic carbocycles. The molecule has 0 saturated carbocycles. The Bertz CT molecular complexity index is 551. The van der Waals surface area contributed by atoms with Crippen LogP contribution in [0.3, 0.4) is 0 Å². The molecule has 1 aromatic carbocycles. The first-order valence-electron chi connectivity index (χ1n) is 6.30. The normalized spacial score (nSPS) is 24.0. The van der Waals surface area contributed by atoms with E-state index in [9.17, 15) is 13.5 Å². The molecule has 2 rings (SSSR count). The van der Waals surface area contributed by atoms with Crippen molar-refractivity contribution in [3.05, 3.63) is 29.8 Å². The number of aliphatic hydroxyl groups is 1. The van der Waals surface area contributed by atoms with Gasteiger partial charge >= 0.3 is 0 Å². The van der Waals surface area contributed by atoms with Crippen molar-refractivity contribution in [3.8, 4) is 0 Å². The van der Waals surface area contributed by atoms with E-state index in [-0.39, 0.29) is 6.54 Å². The smallest absolute Gasteiger partial charge is 0.243 e. The zero-order valence-electron chi connectivity index (χ0n) is 11.3. The Morgan fingerprint density at radius 1 is 1.42 bits per heavy atom. The van der Waals surface area contributed by atoms with Gasteiger partial charge in [0.1, 0.15) is 0 Å². The fourth-order valence-corrected chi connectivity index (χ4v) is 3.85. The molecule has 1 heterocycles. The van der Waals surface area contributed by atoms with Crippen LogP contribution in [0.15, 0.2) is 29.2 Å². The van der Waals surface area contributed by atoms with Crippen LogP contribution in [0, 0.1) is 6.92 Å². The number of likely N-dealkylation sites (N-methyl/N-ethyl adjacent to an activating group) is 1. The zero-order valence-corrected chi connectivity index (χ0v) is 12.1. The summed E-state index contributed by atoms with van der Waals surface area (Å²) in [6, 6.07) is 6.88. The number of aryl methyl sites for hydroxylation is 1. The summed E-state index contributed by atoms with van der Waals surface area (Å²) >= 11 is 0. The Balaban J connectivity index is 2.22. The topological polar surface area (TPSA) is 69.6 Å². The summed E-state index contributed by atoms with van der Waals surface area (Å²) < 4.78 is 26.2. The van der Waals surface area contributed by atoms with Gasteiger partial charge in [-0.25, -0.2) is 8.42 Å². The lowest BCUT2D eigenvalue weighted by molar-refractivity contribution is 0.0462. The number of sulfonamides is 1. The van der Waals surface area contributed by atoms with E-state index in [1.807, 2.05) is 6.07 Å². The molecule has 1 atom stereocenters. The molecule has 2 N–H and O–H groups in total. The van der Waals surface area contributed by atoms with Crippen LogP contribution in [0.25, 0.3) is 0 Å². The van der Waals surface area contributed by atoms with Crippen LogP contribution in [0.1, 0.15) is 12.0 Å². The SMILES string of the molecule is Cc1ccccc1S(=O)(=O)N(C)CC1(O)CCNC1. The van der Waals surface area contributed by atoms with E-state index in [0.29, 0.717) is 23.4 Å². The van der Waals surface area contributed by atoms with Crippen molar-refractivity contribution in [2.45, 2.75) is 23.8 Å². The van der Waals surface area contributed by atoms with Crippen LogP contribution in [-0.4, -0.2) is 50.1 Å². The summed E-state index contributed by atoms with van der Waals surface area (Å²) in [4.78, 5) is 0.298. The van der Waals surface area contributed by atoms with Gasteiger partial charge in [0.05, 0.1) is 10.5 Å². The first-order chi connectivity index (χ1) is 8.85. The highest BCUT2D eigenvalue weighted by Crippen LogP contribution is 2.22. The highest BCUT2D eigenvalue weighted by molar-refractivity contribution is 7.89.